The molecule has 1 unspecified atom stereocenters. The number of rotatable bonds is 6. The maximum Gasteiger partial charge on any atom is 0.233 e. The van der Waals surface area contributed by atoms with Crippen LogP contribution in [0.1, 0.15) is 32.1 Å². The molecule has 108 valence electrons. The van der Waals surface area contributed by atoms with E-state index in [4.69, 9.17) is 4.42 Å². The fourth-order valence-electron chi connectivity index (χ4n) is 1.92. The van der Waals surface area contributed by atoms with E-state index in [1.807, 2.05) is 38.1 Å². The summed E-state index contributed by atoms with van der Waals surface area (Å²) in [5.41, 5.74) is 0.854. The lowest BCUT2D eigenvalue weighted by Crippen LogP contribution is -2.35. The summed E-state index contributed by atoms with van der Waals surface area (Å²) in [7, 11) is 0. The number of benzene rings is 1. The zero-order chi connectivity index (χ0) is 14.5. The molecule has 1 aromatic heterocycles. The maximum absolute atomic E-state index is 11.5. The van der Waals surface area contributed by atoms with Crippen LogP contribution in [0.4, 0.5) is 0 Å². The monoisotopic (exact) mass is 338 g/mol. The van der Waals surface area contributed by atoms with Crippen LogP contribution in [0.5, 0.6) is 0 Å². The summed E-state index contributed by atoms with van der Waals surface area (Å²) in [6, 6.07) is 7.90. The molecule has 2 rings (SSSR count). The number of hydrogen-bond acceptors (Lipinski definition) is 3. The highest BCUT2D eigenvalue weighted by Crippen LogP contribution is 2.26. The lowest BCUT2D eigenvalue weighted by molar-refractivity contribution is -0.120. The van der Waals surface area contributed by atoms with E-state index in [1.165, 1.54) is 0 Å². The Bertz CT molecular complexity index is 595. The van der Waals surface area contributed by atoms with Crippen molar-refractivity contribution < 1.29 is 9.21 Å². The third-order valence-electron chi connectivity index (χ3n) is 3.07. The van der Waals surface area contributed by atoms with Crippen molar-refractivity contribution in [1.82, 2.24) is 10.6 Å². The molecule has 1 heterocycles. The molecule has 0 radical (unpaired) electrons. The third-order valence-corrected chi connectivity index (χ3v) is 3.56. The molecule has 1 amide bonds. The number of furan rings is 1. The number of amides is 1. The predicted molar refractivity (Wildman–Crippen MR) is 83.6 cm³/mol. The topological polar surface area (TPSA) is 54.3 Å². The smallest absolute Gasteiger partial charge is 0.233 e. The van der Waals surface area contributed by atoms with E-state index in [2.05, 4.69) is 26.6 Å². The molecule has 0 aliphatic rings. The van der Waals surface area contributed by atoms with Crippen LogP contribution in [-0.2, 0) is 4.79 Å². The minimum absolute atomic E-state index is 0.00597. The van der Waals surface area contributed by atoms with Gasteiger partial charge in [0, 0.05) is 16.4 Å². The van der Waals surface area contributed by atoms with Gasteiger partial charge in [0.15, 0.2) is 0 Å². The molecule has 5 heteroatoms. The van der Waals surface area contributed by atoms with Gasteiger partial charge in [-0.2, -0.15) is 0 Å². The minimum Gasteiger partial charge on any atom is -0.459 e. The summed E-state index contributed by atoms with van der Waals surface area (Å²) >= 11 is 3.44. The van der Waals surface area contributed by atoms with Gasteiger partial charge in [-0.15, -0.1) is 0 Å². The molecule has 0 saturated heterocycles. The van der Waals surface area contributed by atoms with Crippen molar-refractivity contribution in [3.05, 3.63) is 34.5 Å². The third kappa shape index (κ3) is 3.84. The molecule has 0 aliphatic heterocycles. The summed E-state index contributed by atoms with van der Waals surface area (Å²) < 4.78 is 6.81. The van der Waals surface area contributed by atoms with E-state index in [0.29, 0.717) is 13.1 Å². The molecule has 1 aromatic carbocycles. The zero-order valence-corrected chi connectivity index (χ0v) is 13.3. The Morgan fingerprint density at radius 1 is 1.40 bits per heavy atom. The van der Waals surface area contributed by atoms with E-state index in [-0.39, 0.29) is 11.9 Å². The van der Waals surface area contributed by atoms with Crippen LogP contribution < -0.4 is 10.6 Å². The number of hydrogen-bond donors (Lipinski definition) is 2. The molecule has 0 saturated carbocycles. The predicted octanol–water partition coefficient (Wildman–Crippen LogP) is 3.37. The summed E-state index contributed by atoms with van der Waals surface area (Å²) in [4.78, 5) is 11.5. The highest BCUT2D eigenvalue weighted by atomic mass is 79.9. The van der Waals surface area contributed by atoms with Gasteiger partial charge in [0.05, 0.1) is 12.6 Å². The fourth-order valence-corrected chi connectivity index (χ4v) is 2.30. The Morgan fingerprint density at radius 2 is 2.20 bits per heavy atom. The van der Waals surface area contributed by atoms with Gasteiger partial charge in [-0.05, 0) is 37.6 Å². The van der Waals surface area contributed by atoms with Crippen molar-refractivity contribution in [2.75, 3.05) is 13.1 Å². The van der Waals surface area contributed by atoms with E-state index < -0.39 is 0 Å². The molecule has 0 spiro atoms. The quantitative estimate of drug-likeness (QED) is 0.848. The van der Waals surface area contributed by atoms with Crippen LogP contribution in [0.2, 0.25) is 0 Å². The summed E-state index contributed by atoms with van der Waals surface area (Å²) in [6.07, 6.45) is 0.944. The number of carbonyl (C=O) groups is 1. The minimum atomic E-state index is -0.00597. The standard InChI is InChI=1S/C15H19BrN2O2/c1-3-6-17-15(19)9-18-10(2)14-8-11-7-12(16)4-5-13(11)20-14/h4-5,7-8,10,18H,3,6,9H2,1-2H3,(H,17,19). The van der Waals surface area contributed by atoms with Gasteiger partial charge in [0.25, 0.3) is 0 Å². The molecular weight excluding hydrogens is 320 g/mol. The molecule has 1 atom stereocenters. The Labute approximate surface area is 127 Å². The van der Waals surface area contributed by atoms with E-state index in [1.54, 1.807) is 0 Å². The second-order valence-electron chi connectivity index (χ2n) is 4.78. The van der Waals surface area contributed by atoms with Crippen LogP contribution in [0.25, 0.3) is 11.0 Å². The molecule has 20 heavy (non-hydrogen) atoms. The number of halogens is 1. The second-order valence-corrected chi connectivity index (χ2v) is 5.70. The van der Waals surface area contributed by atoms with Crippen molar-refractivity contribution in [3.8, 4) is 0 Å². The van der Waals surface area contributed by atoms with Gasteiger partial charge < -0.3 is 9.73 Å². The first-order valence-corrected chi connectivity index (χ1v) is 7.58. The van der Waals surface area contributed by atoms with E-state index in [9.17, 15) is 4.79 Å². The Hall–Kier alpha value is -1.33. The van der Waals surface area contributed by atoms with Gasteiger partial charge in [0.2, 0.25) is 5.91 Å². The van der Waals surface area contributed by atoms with Crippen LogP contribution >= 0.6 is 15.9 Å². The SMILES string of the molecule is CCCNC(=O)CNC(C)c1cc2cc(Br)ccc2o1. The zero-order valence-electron chi connectivity index (χ0n) is 11.7. The van der Waals surface area contributed by atoms with E-state index in [0.717, 1.165) is 27.6 Å². The molecule has 0 aliphatic carbocycles. The van der Waals surface area contributed by atoms with Crippen LogP contribution in [0, 0.1) is 0 Å². The normalized spacial score (nSPS) is 12.6. The highest BCUT2D eigenvalue weighted by molar-refractivity contribution is 9.10. The largest absolute Gasteiger partial charge is 0.459 e. The lowest BCUT2D eigenvalue weighted by atomic mass is 10.2. The summed E-state index contributed by atoms with van der Waals surface area (Å²) in [5, 5.41) is 7.05. The fraction of sp³-hybridized carbons (Fsp3) is 0.400. The van der Waals surface area contributed by atoms with Crippen LogP contribution in [-0.4, -0.2) is 19.0 Å². The Kier molecular flexibility index (Phi) is 5.20. The first-order valence-electron chi connectivity index (χ1n) is 6.79. The first-order chi connectivity index (χ1) is 9.60. The average molecular weight is 339 g/mol. The second kappa shape index (κ2) is 6.90. The van der Waals surface area contributed by atoms with Crippen molar-refractivity contribution in [2.45, 2.75) is 26.3 Å². The van der Waals surface area contributed by atoms with Crippen molar-refractivity contribution in [2.24, 2.45) is 0 Å². The molecular formula is C15H19BrN2O2. The summed E-state index contributed by atoms with van der Waals surface area (Å²) in [6.45, 7) is 5.03. The summed E-state index contributed by atoms with van der Waals surface area (Å²) in [5.74, 6) is 0.846. The van der Waals surface area contributed by atoms with Crippen LogP contribution in [0.3, 0.4) is 0 Å². The van der Waals surface area contributed by atoms with E-state index >= 15 is 0 Å². The van der Waals surface area contributed by atoms with Gasteiger partial charge in [-0.3, -0.25) is 10.1 Å². The van der Waals surface area contributed by atoms with Crippen molar-refractivity contribution in [3.63, 3.8) is 0 Å². The number of carbonyl (C=O) groups excluding carboxylic acids is 1. The lowest BCUT2D eigenvalue weighted by Gasteiger charge is -2.10. The molecule has 2 aromatic rings. The first kappa shape index (κ1) is 15.1. The number of nitrogens with one attached hydrogen (secondary N) is 2. The molecule has 0 bridgehead atoms. The number of fused-ring (bicyclic) bond motifs is 1. The molecule has 0 fully saturated rings. The molecule has 2 N–H and O–H groups in total. The van der Waals surface area contributed by atoms with Gasteiger partial charge >= 0.3 is 0 Å². The maximum atomic E-state index is 11.5. The van der Waals surface area contributed by atoms with Gasteiger partial charge in [0.1, 0.15) is 11.3 Å². The van der Waals surface area contributed by atoms with Gasteiger partial charge in [-0.25, -0.2) is 0 Å². The Morgan fingerprint density at radius 3 is 2.95 bits per heavy atom. The van der Waals surface area contributed by atoms with Crippen LogP contribution in [0.15, 0.2) is 33.2 Å². The van der Waals surface area contributed by atoms with Gasteiger partial charge in [-0.1, -0.05) is 22.9 Å². The highest BCUT2D eigenvalue weighted by Gasteiger charge is 2.12. The van der Waals surface area contributed by atoms with Crippen molar-refractivity contribution >= 4 is 32.8 Å². The van der Waals surface area contributed by atoms with Crippen molar-refractivity contribution in [1.29, 1.82) is 0 Å². The average Bonchev–Trinajstić information content (AvgIpc) is 2.85. The Balaban J connectivity index is 1.97. The molecule has 4 nitrogen and oxygen atoms in total.